The summed E-state index contributed by atoms with van der Waals surface area (Å²) in [6, 6.07) is 13.2. The van der Waals surface area contributed by atoms with Gasteiger partial charge < -0.3 is 15.8 Å². The third kappa shape index (κ3) is 5.67. The maximum absolute atomic E-state index is 13.0. The van der Waals surface area contributed by atoms with Gasteiger partial charge in [0.05, 0.1) is 18.8 Å². The number of nitrogens with zero attached hydrogens (tertiary/aromatic N) is 4. The average molecular weight is 495 g/mol. The second-order valence-electron chi connectivity index (χ2n) is 7.77. The largest absolute Gasteiger partial charge is 0.437 e. The van der Waals surface area contributed by atoms with E-state index in [9.17, 15) is 14.4 Å². The molecule has 1 aliphatic rings. The Bertz CT molecular complexity index is 1240. The minimum absolute atomic E-state index is 0.0764. The van der Waals surface area contributed by atoms with E-state index in [2.05, 4.69) is 15.3 Å². The Labute approximate surface area is 206 Å². The highest BCUT2D eigenvalue weighted by molar-refractivity contribution is 6.30. The SMILES string of the molecule is CCN1C(=O)CC(Nc2cnc(Oc3cccc(C(N)=O)c3)cn2)N(Cc2ccc(Cl)cc2)C1=O. The van der Waals surface area contributed by atoms with Crippen molar-refractivity contribution in [3.05, 3.63) is 77.1 Å². The van der Waals surface area contributed by atoms with Crippen LogP contribution < -0.4 is 15.8 Å². The van der Waals surface area contributed by atoms with Crippen molar-refractivity contribution in [2.24, 2.45) is 5.73 Å². The first-order valence-corrected chi connectivity index (χ1v) is 11.2. The van der Waals surface area contributed by atoms with E-state index in [-0.39, 0.29) is 31.3 Å². The number of amides is 4. The zero-order valence-corrected chi connectivity index (χ0v) is 19.6. The van der Waals surface area contributed by atoms with Gasteiger partial charge in [-0.1, -0.05) is 29.8 Å². The number of anilines is 1. The zero-order valence-electron chi connectivity index (χ0n) is 18.8. The van der Waals surface area contributed by atoms with Crippen LogP contribution in [0.3, 0.4) is 0 Å². The number of hydrogen-bond donors (Lipinski definition) is 2. The first kappa shape index (κ1) is 24.0. The number of rotatable bonds is 8. The van der Waals surface area contributed by atoms with Gasteiger partial charge in [0.15, 0.2) is 0 Å². The van der Waals surface area contributed by atoms with E-state index < -0.39 is 18.1 Å². The van der Waals surface area contributed by atoms with E-state index in [1.165, 1.54) is 23.4 Å². The van der Waals surface area contributed by atoms with Crippen molar-refractivity contribution in [1.29, 1.82) is 0 Å². The molecule has 3 aromatic rings. The third-order valence-electron chi connectivity index (χ3n) is 5.39. The van der Waals surface area contributed by atoms with Crippen molar-refractivity contribution in [3.63, 3.8) is 0 Å². The summed E-state index contributed by atoms with van der Waals surface area (Å²) in [7, 11) is 0. The number of carbonyl (C=O) groups excluding carboxylic acids is 3. The first-order chi connectivity index (χ1) is 16.8. The third-order valence-corrected chi connectivity index (χ3v) is 5.64. The van der Waals surface area contributed by atoms with Gasteiger partial charge in [-0.25, -0.2) is 14.8 Å². The smallest absolute Gasteiger partial charge is 0.328 e. The summed E-state index contributed by atoms with van der Waals surface area (Å²) in [5.74, 6) is 0.101. The molecule has 1 unspecified atom stereocenters. The van der Waals surface area contributed by atoms with Crippen LogP contribution in [0, 0.1) is 0 Å². The summed E-state index contributed by atoms with van der Waals surface area (Å²) in [6.07, 6.45) is 2.29. The van der Waals surface area contributed by atoms with Gasteiger partial charge in [-0.2, -0.15) is 0 Å². The Hall–Kier alpha value is -4.18. The lowest BCUT2D eigenvalue weighted by atomic mass is 10.1. The van der Waals surface area contributed by atoms with Crippen molar-refractivity contribution < 1.29 is 19.1 Å². The van der Waals surface area contributed by atoms with Crippen molar-refractivity contribution in [2.75, 3.05) is 11.9 Å². The molecular formula is C24H23ClN6O4. The quantitative estimate of drug-likeness (QED) is 0.488. The number of nitrogens with one attached hydrogen (secondary N) is 1. The number of benzene rings is 2. The van der Waals surface area contributed by atoms with E-state index in [0.717, 1.165) is 5.56 Å². The fourth-order valence-electron chi connectivity index (χ4n) is 3.63. The van der Waals surface area contributed by atoms with Gasteiger partial charge >= 0.3 is 6.03 Å². The van der Waals surface area contributed by atoms with E-state index >= 15 is 0 Å². The summed E-state index contributed by atoms with van der Waals surface area (Å²) in [5, 5.41) is 3.72. The highest BCUT2D eigenvalue weighted by Crippen LogP contribution is 2.24. The maximum atomic E-state index is 13.0. The van der Waals surface area contributed by atoms with Crippen LogP contribution in [0.15, 0.2) is 60.9 Å². The molecule has 11 heteroatoms. The Kier molecular flexibility index (Phi) is 7.11. The molecule has 35 heavy (non-hydrogen) atoms. The van der Waals surface area contributed by atoms with Gasteiger partial charge in [0.25, 0.3) is 0 Å². The molecule has 10 nitrogen and oxygen atoms in total. The van der Waals surface area contributed by atoms with Crippen LogP contribution in [0.1, 0.15) is 29.3 Å². The van der Waals surface area contributed by atoms with Gasteiger partial charge in [-0.15, -0.1) is 0 Å². The number of urea groups is 1. The molecule has 2 heterocycles. The molecule has 0 saturated carbocycles. The van der Waals surface area contributed by atoms with Crippen molar-refractivity contribution in [1.82, 2.24) is 19.8 Å². The van der Waals surface area contributed by atoms with Crippen molar-refractivity contribution in [3.8, 4) is 11.6 Å². The van der Waals surface area contributed by atoms with Crippen molar-refractivity contribution >= 4 is 35.3 Å². The van der Waals surface area contributed by atoms with Gasteiger partial charge in [0.2, 0.25) is 17.7 Å². The van der Waals surface area contributed by atoms with Gasteiger partial charge in [0.1, 0.15) is 17.7 Å². The lowest BCUT2D eigenvalue weighted by molar-refractivity contribution is -0.132. The Morgan fingerprint density at radius 1 is 1.17 bits per heavy atom. The van der Waals surface area contributed by atoms with Crippen LogP contribution in [0.2, 0.25) is 5.02 Å². The lowest BCUT2D eigenvalue weighted by Gasteiger charge is -2.40. The van der Waals surface area contributed by atoms with Crippen molar-refractivity contribution in [2.45, 2.75) is 26.1 Å². The fourth-order valence-corrected chi connectivity index (χ4v) is 3.76. The molecule has 0 aliphatic carbocycles. The highest BCUT2D eigenvalue weighted by Gasteiger charge is 2.38. The Morgan fingerprint density at radius 2 is 1.94 bits per heavy atom. The maximum Gasteiger partial charge on any atom is 0.328 e. The zero-order chi connectivity index (χ0) is 24.9. The number of carbonyl (C=O) groups is 3. The average Bonchev–Trinajstić information content (AvgIpc) is 2.84. The van der Waals surface area contributed by atoms with Gasteiger partial charge in [-0.3, -0.25) is 19.4 Å². The van der Waals surface area contributed by atoms with Gasteiger partial charge in [0, 0.05) is 23.7 Å². The van der Waals surface area contributed by atoms with E-state index in [0.29, 0.717) is 22.2 Å². The molecule has 0 bridgehead atoms. The summed E-state index contributed by atoms with van der Waals surface area (Å²) in [4.78, 5) is 48.3. The number of nitrogens with two attached hydrogens (primary N) is 1. The van der Waals surface area contributed by atoms with Crippen LogP contribution in [0.25, 0.3) is 0 Å². The monoisotopic (exact) mass is 494 g/mol. The molecule has 3 N–H and O–H groups in total. The molecule has 1 fully saturated rings. The van der Waals surface area contributed by atoms with Crippen LogP contribution in [0.4, 0.5) is 10.6 Å². The predicted molar refractivity (Wildman–Crippen MR) is 129 cm³/mol. The summed E-state index contributed by atoms with van der Waals surface area (Å²) >= 11 is 5.98. The molecule has 1 atom stereocenters. The second-order valence-corrected chi connectivity index (χ2v) is 8.21. The number of hydrogen-bond acceptors (Lipinski definition) is 7. The summed E-state index contributed by atoms with van der Waals surface area (Å²) in [6.45, 7) is 2.32. The number of aromatic nitrogens is 2. The van der Waals surface area contributed by atoms with Crippen LogP contribution in [-0.2, 0) is 11.3 Å². The number of ether oxygens (including phenoxy) is 1. The molecule has 1 saturated heterocycles. The molecule has 4 rings (SSSR count). The molecule has 0 spiro atoms. The molecule has 0 radical (unpaired) electrons. The minimum Gasteiger partial charge on any atom is -0.437 e. The fraction of sp³-hybridized carbons (Fsp3) is 0.208. The molecule has 2 aromatic carbocycles. The minimum atomic E-state index is -0.623. The van der Waals surface area contributed by atoms with Crippen LogP contribution in [-0.4, -0.2) is 50.3 Å². The standard InChI is InChI=1S/C24H23ClN6O4/c1-2-30-22(32)11-20(31(24(30)34)14-15-6-8-17(25)9-7-15)29-19-12-28-21(13-27-19)35-18-5-3-4-16(10-18)23(26)33/h3-10,12-13,20H,2,11,14H2,1H3,(H2,26,33)(H,27,29). The van der Waals surface area contributed by atoms with E-state index in [1.807, 2.05) is 12.1 Å². The molecule has 4 amide bonds. The Balaban J connectivity index is 1.49. The molecule has 180 valence electrons. The summed E-state index contributed by atoms with van der Waals surface area (Å²) < 4.78 is 5.64. The molecule has 1 aliphatic heterocycles. The lowest BCUT2D eigenvalue weighted by Crippen LogP contribution is -2.58. The predicted octanol–water partition coefficient (Wildman–Crippen LogP) is 3.63. The normalized spacial score (nSPS) is 15.8. The van der Waals surface area contributed by atoms with E-state index in [1.54, 1.807) is 42.2 Å². The number of imide groups is 1. The van der Waals surface area contributed by atoms with Gasteiger partial charge in [-0.05, 0) is 42.8 Å². The topological polar surface area (TPSA) is 131 Å². The summed E-state index contributed by atoms with van der Waals surface area (Å²) in [5.41, 5.74) is 6.47. The van der Waals surface area contributed by atoms with Crippen LogP contribution >= 0.6 is 11.6 Å². The molecule has 1 aromatic heterocycles. The Morgan fingerprint density at radius 3 is 2.60 bits per heavy atom. The van der Waals surface area contributed by atoms with Crippen LogP contribution in [0.5, 0.6) is 11.6 Å². The number of primary amides is 1. The number of halogens is 1. The first-order valence-electron chi connectivity index (χ1n) is 10.9. The highest BCUT2D eigenvalue weighted by atomic mass is 35.5. The second kappa shape index (κ2) is 10.4. The molecular weight excluding hydrogens is 472 g/mol. The van der Waals surface area contributed by atoms with E-state index in [4.69, 9.17) is 22.1 Å².